The fraction of sp³-hybridized carbons (Fsp3) is 0.300. The van der Waals surface area contributed by atoms with E-state index in [1.54, 1.807) is 11.3 Å². The van der Waals surface area contributed by atoms with E-state index >= 15 is 0 Å². The molecule has 1 aromatic carbocycles. The maximum atomic E-state index is 5.68. The smallest absolute Gasteiger partial charge is 0.181 e. The fourth-order valence-electron chi connectivity index (χ4n) is 1.99. The first-order chi connectivity index (χ1) is 6.74. The van der Waals surface area contributed by atoms with Crippen molar-refractivity contribution in [3.8, 4) is 0 Å². The molecule has 0 unspecified atom stereocenters. The van der Waals surface area contributed by atoms with Gasteiger partial charge in [0.25, 0.3) is 0 Å². The highest BCUT2D eigenvalue weighted by atomic mass is 32.1. The minimum Gasteiger partial charge on any atom is -0.375 e. The summed E-state index contributed by atoms with van der Waals surface area (Å²) in [6.07, 6.45) is 1.14. The molecule has 1 aliphatic heterocycles. The van der Waals surface area contributed by atoms with Crippen molar-refractivity contribution in [1.82, 2.24) is 4.98 Å². The van der Waals surface area contributed by atoms with Gasteiger partial charge in [0.2, 0.25) is 0 Å². The predicted octanol–water partition coefficient (Wildman–Crippen LogP) is 1.87. The Labute approximate surface area is 86.2 Å². The quantitative estimate of drug-likeness (QED) is 0.714. The van der Waals surface area contributed by atoms with Crippen LogP contribution in [-0.4, -0.2) is 18.6 Å². The molecule has 0 aliphatic carbocycles. The van der Waals surface area contributed by atoms with Gasteiger partial charge in [-0.2, -0.15) is 0 Å². The molecule has 0 spiro atoms. The van der Waals surface area contributed by atoms with Gasteiger partial charge in [0, 0.05) is 19.3 Å². The van der Waals surface area contributed by atoms with Crippen LogP contribution in [0.15, 0.2) is 12.1 Å². The standard InChI is InChI=1S/C10H11N3S/c1-13-3-2-6-4-9-7(5-8(6)13)12-10(11)14-9/h4-5H,2-3H2,1H3,(H2,11,12). The first-order valence-electron chi connectivity index (χ1n) is 4.64. The van der Waals surface area contributed by atoms with E-state index in [1.165, 1.54) is 16.0 Å². The molecule has 2 N–H and O–H groups in total. The summed E-state index contributed by atoms with van der Waals surface area (Å²) >= 11 is 1.57. The van der Waals surface area contributed by atoms with E-state index in [0.29, 0.717) is 5.13 Å². The van der Waals surface area contributed by atoms with Crippen LogP contribution in [0.4, 0.5) is 10.8 Å². The van der Waals surface area contributed by atoms with Crippen molar-refractivity contribution < 1.29 is 0 Å². The van der Waals surface area contributed by atoms with Gasteiger partial charge in [-0.25, -0.2) is 4.98 Å². The van der Waals surface area contributed by atoms with Gasteiger partial charge in [0.15, 0.2) is 5.13 Å². The molecule has 0 saturated carbocycles. The lowest BCUT2D eigenvalue weighted by atomic mass is 10.1. The lowest BCUT2D eigenvalue weighted by molar-refractivity contribution is 0.956. The summed E-state index contributed by atoms with van der Waals surface area (Å²) in [6, 6.07) is 4.37. The molecule has 0 fully saturated rings. The number of nitrogen functional groups attached to an aromatic ring is 1. The maximum Gasteiger partial charge on any atom is 0.181 e. The lowest BCUT2D eigenvalue weighted by Gasteiger charge is -2.10. The average Bonchev–Trinajstić information content (AvgIpc) is 2.66. The van der Waals surface area contributed by atoms with E-state index in [0.717, 1.165) is 18.5 Å². The Bertz CT molecular complexity index is 503. The van der Waals surface area contributed by atoms with E-state index in [4.69, 9.17) is 5.73 Å². The highest BCUT2D eigenvalue weighted by Crippen LogP contribution is 2.34. The zero-order valence-electron chi connectivity index (χ0n) is 7.95. The van der Waals surface area contributed by atoms with E-state index in [9.17, 15) is 0 Å². The Kier molecular flexibility index (Phi) is 1.50. The van der Waals surface area contributed by atoms with Crippen molar-refractivity contribution in [3.05, 3.63) is 17.7 Å². The molecule has 2 aromatic rings. The van der Waals surface area contributed by atoms with Gasteiger partial charge in [0.1, 0.15) is 0 Å². The summed E-state index contributed by atoms with van der Waals surface area (Å²) in [4.78, 5) is 6.56. The molecule has 0 saturated heterocycles. The fourth-order valence-corrected chi connectivity index (χ4v) is 2.77. The number of fused-ring (bicyclic) bond motifs is 2. The second-order valence-electron chi connectivity index (χ2n) is 3.67. The summed E-state index contributed by atoms with van der Waals surface area (Å²) in [7, 11) is 2.12. The number of hydrogen-bond donors (Lipinski definition) is 1. The molecular formula is C10H11N3S. The monoisotopic (exact) mass is 205 g/mol. The van der Waals surface area contributed by atoms with Crippen LogP contribution in [0.2, 0.25) is 0 Å². The molecule has 0 amide bonds. The molecule has 3 nitrogen and oxygen atoms in total. The summed E-state index contributed by atoms with van der Waals surface area (Å²) in [6.45, 7) is 1.11. The largest absolute Gasteiger partial charge is 0.375 e. The topological polar surface area (TPSA) is 42.1 Å². The van der Waals surface area contributed by atoms with Gasteiger partial charge in [-0.1, -0.05) is 11.3 Å². The number of anilines is 2. The summed E-state index contributed by atoms with van der Waals surface area (Å²) in [5.41, 5.74) is 9.43. The summed E-state index contributed by atoms with van der Waals surface area (Å²) in [5, 5.41) is 0.659. The van der Waals surface area contributed by atoms with Crippen molar-refractivity contribution in [1.29, 1.82) is 0 Å². The molecule has 0 atom stereocenters. The Balaban J connectivity index is 2.31. The Morgan fingerprint density at radius 2 is 2.36 bits per heavy atom. The van der Waals surface area contributed by atoms with E-state index in [2.05, 4.69) is 29.1 Å². The SMILES string of the molecule is CN1CCc2cc3sc(N)nc3cc21. The van der Waals surface area contributed by atoms with Gasteiger partial charge in [0.05, 0.1) is 10.2 Å². The first kappa shape index (κ1) is 8.05. The highest BCUT2D eigenvalue weighted by Gasteiger charge is 2.17. The lowest BCUT2D eigenvalue weighted by Crippen LogP contribution is -2.12. The van der Waals surface area contributed by atoms with Gasteiger partial charge in [-0.15, -0.1) is 0 Å². The number of nitrogens with two attached hydrogens (primary N) is 1. The second-order valence-corrected chi connectivity index (χ2v) is 4.73. The number of thiazole rings is 1. The molecule has 72 valence electrons. The molecule has 1 aliphatic rings. The molecule has 0 bridgehead atoms. The van der Waals surface area contributed by atoms with Crippen LogP contribution < -0.4 is 10.6 Å². The summed E-state index contributed by atoms with van der Waals surface area (Å²) < 4.78 is 1.21. The van der Waals surface area contributed by atoms with E-state index in [-0.39, 0.29) is 0 Å². The van der Waals surface area contributed by atoms with Gasteiger partial charge < -0.3 is 10.6 Å². The number of likely N-dealkylation sites (N-methyl/N-ethyl adjacent to an activating group) is 1. The van der Waals surface area contributed by atoms with E-state index in [1.807, 2.05) is 0 Å². The van der Waals surface area contributed by atoms with Crippen molar-refractivity contribution in [2.24, 2.45) is 0 Å². The molecule has 2 heterocycles. The third-order valence-corrected chi connectivity index (χ3v) is 3.58. The molecule has 4 heteroatoms. The van der Waals surface area contributed by atoms with Crippen LogP contribution >= 0.6 is 11.3 Å². The molecule has 3 rings (SSSR count). The Morgan fingerprint density at radius 1 is 1.50 bits per heavy atom. The minimum absolute atomic E-state index is 0.659. The first-order valence-corrected chi connectivity index (χ1v) is 5.46. The average molecular weight is 205 g/mol. The van der Waals surface area contributed by atoms with Crippen LogP contribution in [0, 0.1) is 0 Å². The molecular weight excluding hydrogens is 194 g/mol. The zero-order chi connectivity index (χ0) is 9.71. The van der Waals surface area contributed by atoms with Crippen LogP contribution in [-0.2, 0) is 6.42 Å². The van der Waals surface area contributed by atoms with E-state index < -0.39 is 0 Å². The Morgan fingerprint density at radius 3 is 3.21 bits per heavy atom. The van der Waals surface area contributed by atoms with Crippen molar-refractivity contribution in [3.63, 3.8) is 0 Å². The predicted molar refractivity (Wildman–Crippen MR) is 61.0 cm³/mol. The van der Waals surface area contributed by atoms with Crippen LogP contribution in [0.25, 0.3) is 10.2 Å². The third-order valence-electron chi connectivity index (χ3n) is 2.73. The van der Waals surface area contributed by atoms with Crippen molar-refractivity contribution in [2.45, 2.75) is 6.42 Å². The van der Waals surface area contributed by atoms with Crippen molar-refractivity contribution in [2.75, 3.05) is 24.2 Å². The number of rotatable bonds is 0. The highest BCUT2D eigenvalue weighted by molar-refractivity contribution is 7.22. The normalized spacial score (nSPS) is 15.1. The summed E-state index contributed by atoms with van der Waals surface area (Å²) in [5.74, 6) is 0. The Hall–Kier alpha value is -1.29. The third kappa shape index (κ3) is 1.00. The number of nitrogens with zero attached hydrogens (tertiary/aromatic N) is 2. The number of benzene rings is 1. The van der Waals surface area contributed by atoms with Crippen LogP contribution in [0.5, 0.6) is 0 Å². The molecule has 14 heavy (non-hydrogen) atoms. The van der Waals surface area contributed by atoms with Crippen LogP contribution in [0.3, 0.4) is 0 Å². The zero-order valence-corrected chi connectivity index (χ0v) is 8.77. The van der Waals surface area contributed by atoms with Gasteiger partial charge in [-0.3, -0.25) is 0 Å². The van der Waals surface area contributed by atoms with Crippen LogP contribution in [0.1, 0.15) is 5.56 Å². The number of aromatic nitrogens is 1. The van der Waals surface area contributed by atoms with Gasteiger partial charge >= 0.3 is 0 Å². The molecule has 1 aromatic heterocycles. The minimum atomic E-state index is 0.659. The second kappa shape index (κ2) is 2.60. The number of hydrogen-bond acceptors (Lipinski definition) is 4. The molecule has 0 radical (unpaired) electrons. The van der Waals surface area contributed by atoms with Crippen molar-refractivity contribution >= 4 is 32.4 Å². The maximum absolute atomic E-state index is 5.68. The van der Waals surface area contributed by atoms with Gasteiger partial charge in [-0.05, 0) is 24.1 Å².